The SMILES string of the molecule is O=C(Nc1ccc(Br)cc1F)c1ccc2c(c1)CCN2. The summed E-state index contributed by atoms with van der Waals surface area (Å²) in [5.41, 5.74) is 2.90. The molecule has 0 spiro atoms. The Labute approximate surface area is 124 Å². The van der Waals surface area contributed by atoms with Gasteiger partial charge in [0.2, 0.25) is 0 Å². The molecular weight excluding hydrogens is 323 g/mol. The van der Waals surface area contributed by atoms with E-state index in [0.717, 1.165) is 24.2 Å². The Bertz CT molecular complexity index is 688. The number of anilines is 2. The van der Waals surface area contributed by atoms with E-state index in [0.29, 0.717) is 10.0 Å². The van der Waals surface area contributed by atoms with Crippen LogP contribution in [0.15, 0.2) is 40.9 Å². The smallest absolute Gasteiger partial charge is 0.255 e. The molecule has 102 valence electrons. The minimum absolute atomic E-state index is 0.178. The van der Waals surface area contributed by atoms with Gasteiger partial charge in [-0.15, -0.1) is 0 Å². The van der Waals surface area contributed by atoms with Crippen molar-refractivity contribution in [2.75, 3.05) is 17.2 Å². The van der Waals surface area contributed by atoms with Crippen LogP contribution < -0.4 is 10.6 Å². The Balaban J connectivity index is 1.82. The maximum Gasteiger partial charge on any atom is 0.255 e. The lowest BCUT2D eigenvalue weighted by atomic mass is 10.1. The Hall–Kier alpha value is -1.88. The van der Waals surface area contributed by atoms with Crippen molar-refractivity contribution in [1.29, 1.82) is 0 Å². The van der Waals surface area contributed by atoms with Crippen LogP contribution in [0.1, 0.15) is 15.9 Å². The second kappa shape index (κ2) is 5.25. The van der Waals surface area contributed by atoms with Crippen molar-refractivity contribution in [3.05, 3.63) is 57.8 Å². The molecule has 3 rings (SSSR count). The number of benzene rings is 2. The summed E-state index contributed by atoms with van der Waals surface area (Å²) < 4.78 is 14.3. The van der Waals surface area contributed by atoms with Crippen molar-refractivity contribution in [3.63, 3.8) is 0 Å². The zero-order valence-electron chi connectivity index (χ0n) is 10.5. The summed E-state index contributed by atoms with van der Waals surface area (Å²) in [7, 11) is 0. The molecule has 0 unspecified atom stereocenters. The number of halogens is 2. The molecule has 0 aliphatic carbocycles. The monoisotopic (exact) mass is 334 g/mol. The van der Waals surface area contributed by atoms with Crippen LogP contribution in [-0.4, -0.2) is 12.5 Å². The van der Waals surface area contributed by atoms with E-state index in [-0.39, 0.29) is 11.6 Å². The molecule has 0 saturated carbocycles. The van der Waals surface area contributed by atoms with Gasteiger partial charge in [0.1, 0.15) is 5.82 Å². The Kier molecular flexibility index (Phi) is 3.44. The zero-order chi connectivity index (χ0) is 14.1. The van der Waals surface area contributed by atoms with Crippen molar-refractivity contribution in [2.24, 2.45) is 0 Å². The molecule has 2 aromatic carbocycles. The fourth-order valence-corrected chi connectivity index (χ4v) is 2.56. The minimum atomic E-state index is -0.462. The molecule has 2 N–H and O–H groups in total. The molecule has 0 atom stereocenters. The van der Waals surface area contributed by atoms with E-state index < -0.39 is 5.82 Å². The van der Waals surface area contributed by atoms with E-state index >= 15 is 0 Å². The van der Waals surface area contributed by atoms with Crippen molar-refractivity contribution >= 4 is 33.2 Å². The topological polar surface area (TPSA) is 41.1 Å². The van der Waals surface area contributed by atoms with Crippen molar-refractivity contribution in [1.82, 2.24) is 0 Å². The fraction of sp³-hybridized carbons (Fsp3) is 0.133. The van der Waals surface area contributed by atoms with E-state index in [4.69, 9.17) is 0 Å². The second-order valence-electron chi connectivity index (χ2n) is 4.63. The van der Waals surface area contributed by atoms with Gasteiger partial charge in [0, 0.05) is 22.3 Å². The molecule has 0 aromatic heterocycles. The van der Waals surface area contributed by atoms with Gasteiger partial charge in [-0.2, -0.15) is 0 Å². The third kappa shape index (κ3) is 2.54. The average molecular weight is 335 g/mol. The van der Waals surface area contributed by atoms with Gasteiger partial charge in [-0.3, -0.25) is 4.79 Å². The number of rotatable bonds is 2. The average Bonchev–Trinajstić information content (AvgIpc) is 2.89. The Morgan fingerprint density at radius 3 is 2.90 bits per heavy atom. The molecule has 0 radical (unpaired) electrons. The van der Waals surface area contributed by atoms with Crippen LogP contribution in [0.2, 0.25) is 0 Å². The van der Waals surface area contributed by atoms with Gasteiger partial charge in [0.15, 0.2) is 0 Å². The lowest BCUT2D eigenvalue weighted by Gasteiger charge is -2.08. The summed E-state index contributed by atoms with van der Waals surface area (Å²) in [5.74, 6) is -0.767. The number of amides is 1. The van der Waals surface area contributed by atoms with Crippen molar-refractivity contribution in [3.8, 4) is 0 Å². The highest BCUT2D eigenvalue weighted by atomic mass is 79.9. The number of fused-ring (bicyclic) bond motifs is 1. The molecule has 1 heterocycles. The van der Waals surface area contributed by atoms with Crippen molar-refractivity contribution < 1.29 is 9.18 Å². The van der Waals surface area contributed by atoms with E-state index in [9.17, 15) is 9.18 Å². The summed E-state index contributed by atoms with van der Waals surface area (Å²) in [6.45, 7) is 0.891. The van der Waals surface area contributed by atoms with E-state index in [1.54, 1.807) is 12.1 Å². The predicted molar refractivity (Wildman–Crippen MR) is 80.7 cm³/mol. The maximum absolute atomic E-state index is 13.7. The van der Waals surface area contributed by atoms with Crippen LogP contribution in [-0.2, 0) is 6.42 Å². The summed E-state index contributed by atoms with van der Waals surface area (Å²) in [6.07, 6.45) is 0.906. The van der Waals surface area contributed by atoms with Crippen LogP contribution >= 0.6 is 15.9 Å². The van der Waals surface area contributed by atoms with E-state index in [1.807, 2.05) is 12.1 Å². The molecule has 3 nitrogen and oxygen atoms in total. The normalized spacial score (nSPS) is 12.7. The number of carbonyl (C=O) groups is 1. The highest BCUT2D eigenvalue weighted by molar-refractivity contribution is 9.10. The number of hydrogen-bond donors (Lipinski definition) is 2. The standard InChI is InChI=1S/C15H12BrFN2O/c16-11-2-4-14(12(17)8-11)19-15(20)10-1-3-13-9(7-10)5-6-18-13/h1-4,7-8,18H,5-6H2,(H,19,20). The first-order chi connectivity index (χ1) is 9.63. The van der Waals surface area contributed by atoms with Gasteiger partial charge < -0.3 is 10.6 Å². The molecule has 0 saturated heterocycles. The summed E-state index contributed by atoms with van der Waals surface area (Å²) in [5, 5.41) is 5.82. The van der Waals surface area contributed by atoms with Crippen molar-refractivity contribution in [2.45, 2.75) is 6.42 Å². The van der Waals surface area contributed by atoms with Gasteiger partial charge >= 0.3 is 0 Å². The first kappa shape index (κ1) is 13.1. The lowest BCUT2D eigenvalue weighted by molar-refractivity contribution is 0.102. The molecule has 1 aliphatic rings. The number of carbonyl (C=O) groups excluding carboxylic acids is 1. The predicted octanol–water partition coefficient (Wildman–Crippen LogP) is 3.81. The van der Waals surface area contributed by atoms with Crippen LogP contribution in [0.25, 0.3) is 0 Å². The Morgan fingerprint density at radius 2 is 2.10 bits per heavy atom. The van der Waals surface area contributed by atoms with Gasteiger partial charge in [-0.25, -0.2) is 4.39 Å². The first-order valence-corrected chi connectivity index (χ1v) is 7.06. The molecular formula is C15H12BrFN2O. The number of hydrogen-bond acceptors (Lipinski definition) is 2. The second-order valence-corrected chi connectivity index (χ2v) is 5.54. The lowest BCUT2D eigenvalue weighted by Crippen LogP contribution is -2.13. The molecule has 1 aliphatic heterocycles. The minimum Gasteiger partial charge on any atom is -0.384 e. The molecule has 0 fully saturated rings. The summed E-state index contributed by atoms with van der Waals surface area (Å²) >= 11 is 3.18. The molecule has 1 amide bonds. The van der Waals surface area contributed by atoms with Gasteiger partial charge in [-0.05, 0) is 48.4 Å². The zero-order valence-corrected chi connectivity index (χ0v) is 12.1. The highest BCUT2D eigenvalue weighted by Crippen LogP contribution is 2.24. The van der Waals surface area contributed by atoms with Gasteiger partial charge in [0.25, 0.3) is 5.91 Å². The van der Waals surface area contributed by atoms with Crippen LogP contribution in [0.4, 0.5) is 15.8 Å². The number of nitrogens with one attached hydrogen (secondary N) is 2. The summed E-state index contributed by atoms with van der Waals surface area (Å²) in [6, 6.07) is 10.0. The third-order valence-corrected chi connectivity index (χ3v) is 3.75. The summed E-state index contributed by atoms with van der Waals surface area (Å²) in [4.78, 5) is 12.1. The molecule has 20 heavy (non-hydrogen) atoms. The molecule has 0 bridgehead atoms. The molecule has 2 aromatic rings. The van der Waals surface area contributed by atoms with Crippen LogP contribution in [0.5, 0.6) is 0 Å². The van der Waals surface area contributed by atoms with Gasteiger partial charge in [0.05, 0.1) is 5.69 Å². The highest BCUT2D eigenvalue weighted by Gasteiger charge is 2.14. The largest absolute Gasteiger partial charge is 0.384 e. The first-order valence-electron chi connectivity index (χ1n) is 6.27. The van der Waals surface area contributed by atoms with E-state index in [1.165, 1.54) is 12.1 Å². The van der Waals surface area contributed by atoms with Crippen LogP contribution in [0, 0.1) is 5.82 Å². The fourth-order valence-electron chi connectivity index (χ4n) is 2.23. The van der Waals surface area contributed by atoms with Gasteiger partial charge in [-0.1, -0.05) is 15.9 Å². The van der Waals surface area contributed by atoms with E-state index in [2.05, 4.69) is 26.6 Å². The quantitative estimate of drug-likeness (QED) is 0.876. The van der Waals surface area contributed by atoms with Crippen LogP contribution in [0.3, 0.4) is 0 Å². The Morgan fingerprint density at radius 1 is 1.25 bits per heavy atom. The third-order valence-electron chi connectivity index (χ3n) is 3.26. The maximum atomic E-state index is 13.7. The molecule has 5 heteroatoms.